The van der Waals surface area contributed by atoms with Gasteiger partial charge in [-0.25, -0.2) is 0 Å². The Labute approximate surface area is 101 Å². The van der Waals surface area contributed by atoms with Gasteiger partial charge >= 0.3 is 0 Å². The average Bonchev–Trinajstić information content (AvgIpc) is 2.76. The summed E-state index contributed by atoms with van der Waals surface area (Å²) in [6, 6.07) is 0. The molecule has 2 N–H and O–H groups in total. The Kier molecular flexibility index (Phi) is 4.54. The number of nitrogens with two attached hydrogens (primary N) is 1. The Morgan fingerprint density at radius 3 is 3.31 bits per heavy atom. The first kappa shape index (κ1) is 11.8. The SMILES string of the molecule is NCCn1cc(OCC2CCCSC2)cn1. The van der Waals surface area contributed by atoms with Crippen LogP contribution in [0.4, 0.5) is 0 Å². The summed E-state index contributed by atoms with van der Waals surface area (Å²) < 4.78 is 7.56. The summed E-state index contributed by atoms with van der Waals surface area (Å²) in [5.41, 5.74) is 5.46. The highest BCUT2D eigenvalue weighted by Crippen LogP contribution is 2.23. The molecule has 90 valence electrons. The van der Waals surface area contributed by atoms with E-state index in [1.807, 2.05) is 22.6 Å². The predicted molar refractivity (Wildman–Crippen MR) is 66.8 cm³/mol. The van der Waals surface area contributed by atoms with Crippen LogP contribution in [0.15, 0.2) is 12.4 Å². The summed E-state index contributed by atoms with van der Waals surface area (Å²) in [7, 11) is 0. The molecule has 4 nitrogen and oxygen atoms in total. The number of thioether (sulfide) groups is 1. The lowest BCUT2D eigenvalue weighted by molar-refractivity contribution is 0.252. The molecule has 0 aromatic carbocycles. The van der Waals surface area contributed by atoms with Crippen LogP contribution in [-0.2, 0) is 6.54 Å². The van der Waals surface area contributed by atoms with Gasteiger partial charge in [0.2, 0.25) is 0 Å². The van der Waals surface area contributed by atoms with E-state index in [9.17, 15) is 0 Å². The van der Waals surface area contributed by atoms with E-state index in [1.165, 1.54) is 24.3 Å². The molecule has 0 spiro atoms. The third kappa shape index (κ3) is 3.42. The van der Waals surface area contributed by atoms with E-state index >= 15 is 0 Å². The van der Waals surface area contributed by atoms with Gasteiger partial charge in [-0.15, -0.1) is 0 Å². The van der Waals surface area contributed by atoms with Gasteiger partial charge in [0, 0.05) is 12.5 Å². The largest absolute Gasteiger partial charge is 0.490 e. The molecule has 0 aliphatic carbocycles. The van der Waals surface area contributed by atoms with E-state index in [1.54, 1.807) is 6.20 Å². The van der Waals surface area contributed by atoms with E-state index in [4.69, 9.17) is 10.5 Å². The van der Waals surface area contributed by atoms with Gasteiger partial charge in [0.15, 0.2) is 5.75 Å². The van der Waals surface area contributed by atoms with Crippen LogP contribution < -0.4 is 10.5 Å². The van der Waals surface area contributed by atoms with Crippen LogP contribution >= 0.6 is 11.8 Å². The normalized spacial score (nSPS) is 20.9. The topological polar surface area (TPSA) is 53.1 Å². The molecule has 0 amide bonds. The van der Waals surface area contributed by atoms with Crippen molar-refractivity contribution in [2.75, 3.05) is 24.7 Å². The highest BCUT2D eigenvalue weighted by Gasteiger charge is 2.14. The van der Waals surface area contributed by atoms with Crippen molar-refractivity contribution in [1.29, 1.82) is 0 Å². The summed E-state index contributed by atoms with van der Waals surface area (Å²) >= 11 is 2.03. The molecule has 16 heavy (non-hydrogen) atoms. The molecule has 1 unspecified atom stereocenters. The Morgan fingerprint density at radius 1 is 1.62 bits per heavy atom. The lowest BCUT2D eigenvalue weighted by Crippen LogP contribution is -2.18. The maximum atomic E-state index is 5.73. The Hall–Kier alpha value is -0.680. The summed E-state index contributed by atoms with van der Waals surface area (Å²) in [4.78, 5) is 0. The zero-order valence-corrected chi connectivity index (χ0v) is 10.3. The molecule has 1 fully saturated rings. The first-order chi connectivity index (χ1) is 7.88. The number of nitrogens with zero attached hydrogens (tertiary/aromatic N) is 2. The van der Waals surface area contributed by atoms with E-state index in [0.29, 0.717) is 12.5 Å². The molecule has 1 atom stereocenters. The molecular formula is C11H19N3OS. The van der Waals surface area contributed by atoms with E-state index in [2.05, 4.69) is 5.10 Å². The summed E-state index contributed by atoms with van der Waals surface area (Å²) in [6.45, 7) is 2.18. The third-order valence-electron chi connectivity index (χ3n) is 2.71. The fourth-order valence-corrected chi connectivity index (χ4v) is 2.96. The maximum Gasteiger partial charge on any atom is 0.157 e. The van der Waals surface area contributed by atoms with E-state index in [-0.39, 0.29) is 0 Å². The summed E-state index contributed by atoms with van der Waals surface area (Å²) in [6.07, 6.45) is 6.31. The molecule has 1 aliphatic heterocycles. The van der Waals surface area contributed by atoms with Crippen molar-refractivity contribution in [3.63, 3.8) is 0 Å². The number of hydrogen-bond donors (Lipinski definition) is 1. The predicted octanol–water partition coefficient (Wildman–Crippen LogP) is 1.36. The van der Waals surface area contributed by atoms with Crippen LogP contribution in [0.3, 0.4) is 0 Å². The molecule has 0 bridgehead atoms. The average molecular weight is 241 g/mol. The quantitative estimate of drug-likeness (QED) is 0.846. The first-order valence-electron chi connectivity index (χ1n) is 5.81. The number of aromatic nitrogens is 2. The maximum absolute atomic E-state index is 5.73. The zero-order chi connectivity index (χ0) is 11.2. The molecular weight excluding hydrogens is 222 g/mol. The lowest BCUT2D eigenvalue weighted by Gasteiger charge is -2.20. The number of hydrogen-bond acceptors (Lipinski definition) is 4. The second-order valence-corrected chi connectivity index (χ2v) is 5.27. The molecule has 2 rings (SSSR count). The fraction of sp³-hybridized carbons (Fsp3) is 0.727. The van der Waals surface area contributed by atoms with Gasteiger partial charge in [0.05, 0.1) is 25.5 Å². The monoisotopic (exact) mass is 241 g/mol. The van der Waals surface area contributed by atoms with Crippen molar-refractivity contribution in [3.05, 3.63) is 12.4 Å². The molecule has 5 heteroatoms. The van der Waals surface area contributed by atoms with Gasteiger partial charge in [0.25, 0.3) is 0 Å². The van der Waals surface area contributed by atoms with Gasteiger partial charge in [-0.3, -0.25) is 4.68 Å². The second-order valence-electron chi connectivity index (χ2n) is 4.12. The van der Waals surface area contributed by atoms with Gasteiger partial charge in [-0.05, 0) is 24.3 Å². The zero-order valence-electron chi connectivity index (χ0n) is 9.47. The van der Waals surface area contributed by atoms with Crippen molar-refractivity contribution in [3.8, 4) is 5.75 Å². The fourth-order valence-electron chi connectivity index (χ4n) is 1.83. The smallest absolute Gasteiger partial charge is 0.157 e. The van der Waals surface area contributed by atoms with E-state index in [0.717, 1.165) is 18.9 Å². The van der Waals surface area contributed by atoms with Crippen LogP contribution in [-0.4, -0.2) is 34.4 Å². The highest BCUT2D eigenvalue weighted by atomic mass is 32.2. The minimum absolute atomic E-state index is 0.611. The van der Waals surface area contributed by atoms with Gasteiger partial charge < -0.3 is 10.5 Å². The van der Waals surface area contributed by atoms with Crippen LogP contribution in [0.1, 0.15) is 12.8 Å². The Morgan fingerprint density at radius 2 is 2.56 bits per heavy atom. The first-order valence-corrected chi connectivity index (χ1v) is 6.97. The van der Waals surface area contributed by atoms with Crippen molar-refractivity contribution in [2.24, 2.45) is 11.7 Å². The minimum Gasteiger partial charge on any atom is -0.490 e. The molecule has 0 radical (unpaired) electrons. The molecule has 1 saturated heterocycles. The Bertz CT molecular complexity index is 310. The van der Waals surface area contributed by atoms with Crippen molar-refractivity contribution in [2.45, 2.75) is 19.4 Å². The summed E-state index contributed by atoms with van der Waals surface area (Å²) in [5.74, 6) is 4.11. The van der Waals surface area contributed by atoms with Crippen LogP contribution in [0.25, 0.3) is 0 Å². The summed E-state index contributed by atoms with van der Waals surface area (Å²) in [5, 5.41) is 4.18. The van der Waals surface area contributed by atoms with Gasteiger partial charge in [-0.2, -0.15) is 16.9 Å². The van der Waals surface area contributed by atoms with Gasteiger partial charge in [-0.1, -0.05) is 0 Å². The third-order valence-corrected chi connectivity index (χ3v) is 3.99. The molecule has 0 saturated carbocycles. The van der Waals surface area contributed by atoms with Crippen LogP contribution in [0.5, 0.6) is 5.75 Å². The molecule has 2 heterocycles. The Balaban J connectivity index is 1.75. The van der Waals surface area contributed by atoms with Crippen molar-refractivity contribution < 1.29 is 4.74 Å². The van der Waals surface area contributed by atoms with E-state index < -0.39 is 0 Å². The number of ether oxygens (including phenoxy) is 1. The molecule has 1 aromatic rings. The second kappa shape index (κ2) is 6.15. The van der Waals surface area contributed by atoms with Crippen LogP contribution in [0, 0.1) is 5.92 Å². The molecule has 1 aromatic heterocycles. The van der Waals surface area contributed by atoms with Gasteiger partial charge in [0.1, 0.15) is 0 Å². The lowest BCUT2D eigenvalue weighted by atomic mass is 10.1. The highest BCUT2D eigenvalue weighted by molar-refractivity contribution is 7.99. The minimum atomic E-state index is 0.611. The van der Waals surface area contributed by atoms with Crippen LogP contribution in [0.2, 0.25) is 0 Å². The molecule has 1 aliphatic rings. The van der Waals surface area contributed by atoms with Crippen molar-refractivity contribution >= 4 is 11.8 Å². The van der Waals surface area contributed by atoms with Crippen molar-refractivity contribution in [1.82, 2.24) is 9.78 Å². The standard InChI is InChI=1S/C11H19N3OS/c12-3-4-14-7-11(6-13-14)15-8-10-2-1-5-16-9-10/h6-7,10H,1-5,8-9,12H2. The number of rotatable bonds is 5.